The van der Waals surface area contributed by atoms with E-state index >= 15 is 0 Å². The minimum atomic E-state index is -1.12. The van der Waals surface area contributed by atoms with Gasteiger partial charge < -0.3 is 15.4 Å². The second-order valence-corrected chi connectivity index (χ2v) is 5.18. The first kappa shape index (κ1) is 16.2. The average molecular weight is 278 g/mol. The number of amides is 1. The normalized spacial score (nSPS) is 15.1. The van der Waals surface area contributed by atoms with E-state index in [1.807, 2.05) is 30.3 Å². The molecule has 110 valence electrons. The SMILES string of the molecule is COC(=O)C(C)CN(C)C(=O)C(C)(N)c1ccccc1. The highest BCUT2D eigenvalue weighted by atomic mass is 16.5. The van der Waals surface area contributed by atoms with Crippen LogP contribution >= 0.6 is 0 Å². The third-order valence-corrected chi connectivity index (χ3v) is 3.32. The second kappa shape index (κ2) is 6.52. The van der Waals surface area contributed by atoms with Crippen LogP contribution in [-0.2, 0) is 19.9 Å². The van der Waals surface area contributed by atoms with Crippen LogP contribution in [0.1, 0.15) is 19.4 Å². The predicted molar refractivity (Wildman–Crippen MR) is 76.8 cm³/mol. The molecule has 5 nitrogen and oxygen atoms in total. The minimum Gasteiger partial charge on any atom is -0.469 e. The third-order valence-electron chi connectivity index (χ3n) is 3.32. The Morgan fingerprint density at radius 1 is 1.35 bits per heavy atom. The van der Waals surface area contributed by atoms with Crippen molar-refractivity contribution in [3.8, 4) is 0 Å². The van der Waals surface area contributed by atoms with Crippen LogP contribution in [0.25, 0.3) is 0 Å². The lowest BCUT2D eigenvalue weighted by Crippen LogP contribution is -2.51. The molecule has 0 saturated carbocycles. The third kappa shape index (κ3) is 3.57. The van der Waals surface area contributed by atoms with Gasteiger partial charge in [-0.1, -0.05) is 37.3 Å². The molecule has 0 bridgehead atoms. The summed E-state index contributed by atoms with van der Waals surface area (Å²) in [5.74, 6) is -0.969. The zero-order chi connectivity index (χ0) is 15.3. The van der Waals surface area contributed by atoms with Gasteiger partial charge in [-0.15, -0.1) is 0 Å². The quantitative estimate of drug-likeness (QED) is 0.819. The predicted octanol–water partition coefficient (Wildman–Crippen LogP) is 1.13. The highest BCUT2D eigenvalue weighted by molar-refractivity contribution is 5.87. The van der Waals surface area contributed by atoms with Gasteiger partial charge in [-0.2, -0.15) is 0 Å². The molecule has 2 N–H and O–H groups in total. The molecule has 1 rings (SSSR count). The molecular weight excluding hydrogens is 256 g/mol. The fourth-order valence-corrected chi connectivity index (χ4v) is 2.07. The van der Waals surface area contributed by atoms with Gasteiger partial charge in [0.25, 0.3) is 0 Å². The van der Waals surface area contributed by atoms with Crippen molar-refractivity contribution in [3.63, 3.8) is 0 Å². The summed E-state index contributed by atoms with van der Waals surface area (Å²) in [6.45, 7) is 3.65. The Morgan fingerprint density at radius 3 is 2.40 bits per heavy atom. The Balaban J connectivity index is 2.81. The van der Waals surface area contributed by atoms with Gasteiger partial charge >= 0.3 is 5.97 Å². The molecule has 0 fully saturated rings. The lowest BCUT2D eigenvalue weighted by molar-refractivity contribution is -0.146. The van der Waals surface area contributed by atoms with Crippen LogP contribution in [0.3, 0.4) is 0 Å². The van der Waals surface area contributed by atoms with E-state index in [4.69, 9.17) is 5.73 Å². The van der Waals surface area contributed by atoms with Gasteiger partial charge in [0, 0.05) is 13.6 Å². The molecule has 0 spiro atoms. The van der Waals surface area contributed by atoms with Gasteiger partial charge in [-0.05, 0) is 12.5 Å². The Bertz CT molecular complexity index is 471. The highest BCUT2D eigenvalue weighted by Gasteiger charge is 2.34. The van der Waals surface area contributed by atoms with Crippen LogP contribution in [0.5, 0.6) is 0 Å². The van der Waals surface area contributed by atoms with Crippen LogP contribution in [0, 0.1) is 5.92 Å². The van der Waals surface area contributed by atoms with Crippen LogP contribution < -0.4 is 5.73 Å². The fraction of sp³-hybridized carbons (Fsp3) is 0.467. The molecule has 0 saturated heterocycles. The Kier molecular flexibility index (Phi) is 5.27. The van der Waals surface area contributed by atoms with Crippen molar-refractivity contribution in [2.24, 2.45) is 11.7 Å². The van der Waals surface area contributed by atoms with Gasteiger partial charge in [0.2, 0.25) is 5.91 Å². The van der Waals surface area contributed by atoms with E-state index in [0.29, 0.717) is 0 Å². The van der Waals surface area contributed by atoms with E-state index in [0.717, 1.165) is 5.56 Å². The van der Waals surface area contributed by atoms with Gasteiger partial charge in [-0.25, -0.2) is 0 Å². The summed E-state index contributed by atoms with van der Waals surface area (Å²) in [6.07, 6.45) is 0. The monoisotopic (exact) mass is 278 g/mol. The van der Waals surface area contributed by atoms with E-state index in [9.17, 15) is 9.59 Å². The van der Waals surface area contributed by atoms with Crippen LogP contribution in [0.2, 0.25) is 0 Å². The Morgan fingerprint density at radius 2 is 1.90 bits per heavy atom. The molecule has 1 amide bonds. The highest BCUT2D eigenvalue weighted by Crippen LogP contribution is 2.20. The number of benzene rings is 1. The molecule has 0 aliphatic rings. The van der Waals surface area contributed by atoms with Crippen molar-refractivity contribution in [1.29, 1.82) is 0 Å². The van der Waals surface area contributed by atoms with Crippen molar-refractivity contribution in [2.45, 2.75) is 19.4 Å². The zero-order valence-electron chi connectivity index (χ0n) is 12.4. The molecule has 0 aliphatic carbocycles. The number of hydrogen-bond donors (Lipinski definition) is 1. The smallest absolute Gasteiger partial charge is 0.310 e. The fourth-order valence-electron chi connectivity index (χ4n) is 2.07. The van der Waals surface area contributed by atoms with Crippen LogP contribution in [-0.4, -0.2) is 37.5 Å². The summed E-state index contributed by atoms with van der Waals surface area (Å²) in [6, 6.07) is 9.17. The maximum absolute atomic E-state index is 12.5. The van der Waals surface area contributed by atoms with Gasteiger partial charge in [0.15, 0.2) is 0 Å². The molecule has 0 aromatic heterocycles. The number of rotatable bonds is 5. The van der Waals surface area contributed by atoms with Crippen LogP contribution in [0.15, 0.2) is 30.3 Å². The van der Waals surface area contributed by atoms with Crippen molar-refractivity contribution in [3.05, 3.63) is 35.9 Å². The first-order chi connectivity index (χ1) is 9.30. The lowest BCUT2D eigenvalue weighted by atomic mass is 9.91. The molecule has 0 radical (unpaired) electrons. The largest absolute Gasteiger partial charge is 0.469 e. The Hall–Kier alpha value is -1.88. The van der Waals surface area contributed by atoms with Gasteiger partial charge in [0.05, 0.1) is 13.0 Å². The van der Waals surface area contributed by atoms with Crippen molar-refractivity contribution < 1.29 is 14.3 Å². The maximum Gasteiger partial charge on any atom is 0.310 e. The summed E-state index contributed by atoms with van der Waals surface area (Å²) >= 11 is 0. The average Bonchev–Trinajstić information content (AvgIpc) is 2.46. The molecule has 0 heterocycles. The molecular formula is C15H22N2O3. The number of likely N-dealkylation sites (N-methyl/N-ethyl adjacent to an activating group) is 1. The standard InChI is InChI=1S/C15H22N2O3/c1-11(13(18)20-4)10-17(3)14(19)15(2,16)12-8-6-5-7-9-12/h5-9,11H,10,16H2,1-4H3. The molecule has 2 atom stereocenters. The van der Waals surface area contributed by atoms with Crippen molar-refractivity contribution >= 4 is 11.9 Å². The summed E-state index contributed by atoms with van der Waals surface area (Å²) in [4.78, 5) is 25.3. The van der Waals surface area contributed by atoms with Gasteiger partial charge in [-0.3, -0.25) is 9.59 Å². The lowest BCUT2D eigenvalue weighted by Gasteiger charge is -2.30. The van der Waals surface area contributed by atoms with E-state index in [1.54, 1.807) is 20.9 Å². The first-order valence-electron chi connectivity index (χ1n) is 6.48. The van der Waals surface area contributed by atoms with E-state index in [1.165, 1.54) is 12.0 Å². The van der Waals surface area contributed by atoms with E-state index < -0.39 is 5.54 Å². The number of hydrogen-bond acceptors (Lipinski definition) is 4. The topological polar surface area (TPSA) is 72.6 Å². The van der Waals surface area contributed by atoms with Crippen molar-refractivity contribution in [1.82, 2.24) is 4.90 Å². The molecule has 1 aromatic carbocycles. The minimum absolute atomic E-state index is 0.237. The summed E-state index contributed by atoms with van der Waals surface area (Å²) in [5, 5.41) is 0. The summed E-state index contributed by atoms with van der Waals surface area (Å²) in [7, 11) is 2.97. The maximum atomic E-state index is 12.5. The number of esters is 1. The number of ether oxygens (including phenoxy) is 1. The second-order valence-electron chi connectivity index (χ2n) is 5.18. The molecule has 5 heteroatoms. The number of nitrogens with zero attached hydrogens (tertiary/aromatic N) is 1. The number of methoxy groups -OCH3 is 1. The van der Waals surface area contributed by atoms with E-state index in [2.05, 4.69) is 4.74 Å². The van der Waals surface area contributed by atoms with E-state index in [-0.39, 0.29) is 24.3 Å². The molecule has 1 aromatic rings. The summed E-state index contributed by atoms with van der Waals surface area (Å²) in [5.41, 5.74) is 5.78. The van der Waals surface area contributed by atoms with Crippen molar-refractivity contribution in [2.75, 3.05) is 20.7 Å². The first-order valence-corrected chi connectivity index (χ1v) is 6.48. The number of carbonyl (C=O) groups excluding carboxylic acids is 2. The van der Waals surface area contributed by atoms with Crippen LogP contribution in [0.4, 0.5) is 0 Å². The number of carbonyl (C=O) groups is 2. The molecule has 20 heavy (non-hydrogen) atoms. The number of nitrogens with two attached hydrogens (primary N) is 1. The van der Waals surface area contributed by atoms with Gasteiger partial charge in [0.1, 0.15) is 5.54 Å². The zero-order valence-corrected chi connectivity index (χ0v) is 12.4. The molecule has 2 unspecified atom stereocenters. The molecule has 0 aliphatic heterocycles. The summed E-state index contributed by atoms with van der Waals surface area (Å²) < 4.78 is 4.65. The Labute approximate surface area is 119 Å².